The van der Waals surface area contributed by atoms with E-state index in [0.717, 1.165) is 73.6 Å². The van der Waals surface area contributed by atoms with E-state index in [1.165, 1.54) is 11.5 Å². The molecule has 1 amide bonds. The summed E-state index contributed by atoms with van der Waals surface area (Å²) in [6.07, 6.45) is 2.53. The van der Waals surface area contributed by atoms with Crippen molar-refractivity contribution in [3.8, 4) is 22.6 Å². The minimum Gasteiger partial charge on any atom is -0.490 e. The quantitative estimate of drug-likeness (QED) is 0.343. The van der Waals surface area contributed by atoms with Gasteiger partial charge in [-0.3, -0.25) is 4.79 Å². The summed E-state index contributed by atoms with van der Waals surface area (Å²) in [5, 5.41) is 6.90. The van der Waals surface area contributed by atoms with E-state index in [9.17, 15) is 9.18 Å². The summed E-state index contributed by atoms with van der Waals surface area (Å²) in [4.78, 5) is 17.9. The molecule has 228 valence electrons. The van der Waals surface area contributed by atoms with Crippen LogP contribution in [0.2, 0.25) is 0 Å². The normalized spacial score (nSPS) is 19.3. The third-order valence-electron chi connectivity index (χ3n) is 9.16. The molecule has 3 aliphatic heterocycles. The zero-order valence-corrected chi connectivity index (χ0v) is 25.1. The molecule has 0 bridgehead atoms. The Bertz CT molecular complexity index is 1630. The monoisotopic (exact) mass is 596 g/mol. The van der Waals surface area contributed by atoms with E-state index in [2.05, 4.69) is 45.9 Å². The van der Waals surface area contributed by atoms with E-state index >= 15 is 0 Å². The highest BCUT2D eigenvalue weighted by Gasteiger charge is 2.27. The topological polar surface area (TPSA) is 75.2 Å². The molecule has 8 heteroatoms. The average molecular weight is 597 g/mol. The summed E-state index contributed by atoms with van der Waals surface area (Å²) in [5.74, 6) is 1.12. The van der Waals surface area contributed by atoms with Gasteiger partial charge in [0.1, 0.15) is 30.0 Å². The van der Waals surface area contributed by atoms with Crippen LogP contribution >= 0.6 is 0 Å². The van der Waals surface area contributed by atoms with Gasteiger partial charge in [-0.2, -0.15) is 0 Å². The molecule has 7 rings (SSSR count). The van der Waals surface area contributed by atoms with E-state index in [1.54, 1.807) is 6.07 Å². The van der Waals surface area contributed by atoms with Crippen molar-refractivity contribution in [2.24, 2.45) is 0 Å². The van der Waals surface area contributed by atoms with Crippen molar-refractivity contribution in [1.82, 2.24) is 4.90 Å². The maximum atomic E-state index is 14.5. The molecule has 1 atom stereocenters. The number of rotatable bonds is 7. The second kappa shape index (κ2) is 12.8. The predicted molar refractivity (Wildman–Crippen MR) is 170 cm³/mol. The van der Waals surface area contributed by atoms with E-state index < -0.39 is 0 Å². The summed E-state index contributed by atoms with van der Waals surface area (Å²) in [5.41, 5.74) is 3.52. The maximum Gasteiger partial charge on any atom is 0.253 e. The van der Waals surface area contributed by atoms with Crippen molar-refractivity contribution in [1.29, 1.82) is 0 Å². The number of halogens is 1. The highest BCUT2D eigenvalue weighted by molar-refractivity contribution is 5.97. The van der Waals surface area contributed by atoms with Gasteiger partial charge in [0.15, 0.2) is 6.10 Å². The highest BCUT2D eigenvalue weighted by atomic mass is 19.1. The van der Waals surface area contributed by atoms with Crippen LogP contribution in [0.4, 0.5) is 10.1 Å². The second-order valence-corrected chi connectivity index (χ2v) is 12.2. The third kappa shape index (κ3) is 6.37. The maximum absolute atomic E-state index is 14.5. The molecule has 0 aliphatic carbocycles. The van der Waals surface area contributed by atoms with Crippen LogP contribution in [0.25, 0.3) is 21.9 Å². The fourth-order valence-electron chi connectivity index (χ4n) is 6.72. The lowest BCUT2D eigenvalue weighted by atomic mass is 9.98. The number of fused-ring (bicyclic) bond motifs is 1. The zero-order valence-electron chi connectivity index (χ0n) is 25.1. The standard InChI is InChI=1S/C36H39FN4O3/c37-29-21-30(40-17-13-38-14-18-40)23-33(22-29)43-31-10-15-41(16-11-31)36(42)28-7-8-35(44-32-9-12-39-24-32)34(20-28)27-6-5-25-3-1-2-4-26(25)19-27/h1-8,19-23,31-32,38-39H,9-18,24H2/p+2/t32-/m0/s1. The number of piperazine rings is 1. The number of ether oxygens (including phenoxy) is 2. The van der Waals surface area contributed by atoms with Gasteiger partial charge < -0.3 is 29.9 Å². The summed E-state index contributed by atoms with van der Waals surface area (Å²) in [6, 6.07) is 25.6. The average Bonchev–Trinajstić information content (AvgIpc) is 3.58. The van der Waals surface area contributed by atoms with Crippen LogP contribution in [0.5, 0.6) is 11.5 Å². The predicted octanol–water partition coefficient (Wildman–Crippen LogP) is 3.43. The molecule has 0 spiro atoms. The van der Waals surface area contributed by atoms with Crippen LogP contribution < -0.4 is 25.0 Å². The van der Waals surface area contributed by atoms with Gasteiger partial charge in [-0.1, -0.05) is 36.4 Å². The largest absolute Gasteiger partial charge is 0.490 e. The molecule has 3 heterocycles. The molecule has 0 saturated carbocycles. The van der Waals surface area contributed by atoms with Gasteiger partial charge in [0.05, 0.1) is 32.7 Å². The molecule has 4 N–H and O–H groups in total. The van der Waals surface area contributed by atoms with Crippen LogP contribution in [-0.2, 0) is 0 Å². The number of likely N-dealkylation sites (tertiary alicyclic amines) is 1. The lowest BCUT2D eigenvalue weighted by Crippen LogP contribution is -2.89. The highest BCUT2D eigenvalue weighted by Crippen LogP contribution is 2.35. The summed E-state index contributed by atoms with van der Waals surface area (Å²) < 4.78 is 27.2. The number of carbonyl (C=O) groups is 1. The van der Waals surface area contributed by atoms with E-state index in [-0.39, 0.29) is 23.9 Å². The van der Waals surface area contributed by atoms with Gasteiger partial charge in [-0.15, -0.1) is 0 Å². The van der Waals surface area contributed by atoms with Crippen LogP contribution in [0.3, 0.4) is 0 Å². The van der Waals surface area contributed by atoms with Crippen molar-refractivity contribution in [2.75, 3.05) is 57.3 Å². The molecule has 3 aliphatic rings. The number of quaternary nitrogens is 2. The smallest absolute Gasteiger partial charge is 0.253 e. The van der Waals surface area contributed by atoms with Crippen molar-refractivity contribution >= 4 is 22.4 Å². The first kappa shape index (κ1) is 28.6. The Morgan fingerprint density at radius 1 is 0.750 bits per heavy atom. The van der Waals surface area contributed by atoms with Crippen LogP contribution in [0.1, 0.15) is 29.6 Å². The van der Waals surface area contributed by atoms with Gasteiger partial charge in [0.2, 0.25) is 0 Å². The second-order valence-electron chi connectivity index (χ2n) is 12.2. The first-order valence-electron chi connectivity index (χ1n) is 16.0. The summed E-state index contributed by atoms with van der Waals surface area (Å²) >= 11 is 0. The zero-order chi connectivity index (χ0) is 29.9. The lowest BCUT2D eigenvalue weighted by Gasteiger charge is -2.33. The molecule has 3 fully saturated rings. The Labute approximate surface area is 257 Å². The number of carbonyl (C=O) groups excluding carboxylic acids is 1. The van der Waals surface area contributed by atoms with Gasteiger partial charge >= 0.3 is 0 Å². The molecule has 0 aromatic heterocycles. The summed E-state index contributed by atoms with van der Waals surface area (Å²) in [7, 11) is 0. The molecule has 7 nitrogen and oxygen atoms in total. The van der Waals surface area contributed by atoms with Crippen molar-refractivity contribution in [3.05, 3.63) is 90.2 Å². The van der Waals surface area contributed by atoms with Crippen molar-refractivity contribution in [2.45, 2.75) is 31.5 Å². The minimum absolute atomic E-state index is 0.0150. The lowest BCUT2D eigenvalue weighted by molar-refractivity contribution is -0.655. The Kier molecular flexibility index (Phi) is 8.35. The van der Waals surface area contributed by atoms with E-state index in [1.807, 2.05) is 41.3 Å². The molecule has 3 saturated heterocycles. The number of piperidine rings is 1. The van der Waals surface area contributed by atoms with Crippen molar-refractivity contribution in [3.63, 3.8) is 0 Å². The van der Waals surface area contributed by atoms with Gasteiger partial charge in [0, 0.05) is 61.3 Å². The molecular formula is C36H41FN4O3+2. The van der Waals surface area contributed by atoms with Crippen LogP contribution in [0.15, 0.2) is 78.9 Å². The number of benzene rings is 4. The minimum atomic E-state index is -0.277. The fraction of sp³-hybridized carbons (Fsp3) is 0.361. The molecule has 4 aromatic rings. The Balaban J connectivity index is 1.06. The first-order chi connectivity index (χ1) is 21.6. The van der Waals surface area contributed by atoms with Gasteiger partial charge in [-0.25, -0.2) is 4.39 Å². The SMILES string of the molecule is O=C(c1ccc(O[C@H]2CC[NH2+]C2)c(-c2ccc3ccccc3c2)c1)N1CCC(Oc2cc(F)cc(N3CC[NH2+]CC3)c2)CC1. The molecule has 0 unspecified atom stereocenters. The van der Waals surface area contributed by atoms with Gasteiger partial charge in [-0.05, 0) is 46.7 Å². The number of hydrogen-bond donors (Lipinski definition) is 2. The first-order valence-corrected chi connectivity index (χ1v) is 16.0. The van der Waals surface area contributed by atoms with E-state index in [4.69, 9.17) is 9.47 Å². The van der Waals surface area contributed by atoms with E-state index in [0.29, 0.717) is 37.2 Å². The Morgan fingerprint density at radius 3 is 2.36 bits per heavy atom. The number of nitrogens with two attached hydrogens (primary N) is 2. The van der Waals surface area contributed by atoms with Crippen LogP contribution in [-0.4, -0.2) is 75.4 Å². The fourth-order valence-corrected chi connectivity index (χ4v) is 6.72. The Hall–Kier alpha value is -4.14. The number of amides is 1. The Morgan fingerprint density at radius 2 is 1.57 bits per heavy atom. The summed E-state index contributed by atoms with van der Waals surface area (Å²) in [6.45, 7) is 7.03. The third-order valence-corrected chi connectivity index (χ3v) is 9.16. The number of anilines is 1. The molecular weight excluding hydrogens is 555 g/mol. The number of nitrogens with zero attached hydrogens (tertiary/aromatic N) is 2. The van der Waals surface area contributed by atoms with Crippen molar-refractivity contribution < 1.29 is 29.3 Å². The number of hydrogen-bond acceptors (Lipinski definition) is 4. The van der Waals surface area contributed by atoms with Crippen LogP contribution in [0, 0.1) is 5.82 Å². The molecule has 44 heavy (non-hydrogen) atoms. The van der Waals surface area contributed by atoms with Gasteiger partial charge in [0.25, 0.3) is 5.91 Å². The molecule has 4 aromatic carbocycles. The molecule has 0 radical (unpaired) electrons.